The number of piperidine rings is 1. The third-order valence-electron chi connectivity index (χ3n) is 5.07. The van der Waals surface area contributed by atoms with Crippen LogP contribution in [0.2, 0.25) is 0 Å². The summed E-state index contributed by atoms with van der Waals surface area (Å²) < 4.78 is 26.5. The lowest BCUT2D eigenvalue weighted by atomic mass is 9.96. The zero-order chi connectivity index (χ0) is 20.0. The second-order valence-electron chi connectivity index (χ2n) is 7.07. The van der Waals surface area contributed by atoms with Crippen LogP contribution in [0.15, 0.2) is 66.1 Å². The third-order valence-corrected chi connectivity index (χ3v) is 6.64. The Kier molecular flexibility index (Phi) is 6.65. The molecule has 6 heteroatoms. The molecule has 148 valence electrons. The van der Waals surface area contributed by atoms with Gasteiger partial charge in [0.1, 0.15) is 0 Å². The number of hydrogen-bond donors (Lipinski definition) is 1. The van der Waals surface area contributed by atoms with Gasteiger partial charge in [-0.2, -0.15) is 4.31 Å². The van der Waals surface area contributed by atoms with Gasteiger partial charge < -0.3 is 5.32 Å². The maximum absolute atomic E-state index is 12.6. The van der Waals surface area contributed by atoms with E-state index in [0.29, 0.717) is 25.9 Å². The lowest BCUT2D eigenvalue weighted by molar-refractivity contribution is -0.126. The van der Waals surface area contributed by atoms with E-state index in [4.69, 9.17) is 0 Å². The predicted octanol–water partition coefficient (Wildman–Crippen LogP) is 3.58. The summed E-state index contributed by atoms with van der Waals surface area (Å²) in [5.74, 6) is -0.163. The van der Waals surface area contributed by atoms with Crippen LogP contribution in [0.1, 0.15) is 36.9 Å². The summed E-state index contributed by atoms with van der Waals surface area (Å²) in [4.78, 5) is 12.6. The molecule has 2 aromatic rings. The molecule has 28 heavy (non-hydrogen) atoms. The van der Waals surface area contributed by atoms with Crippen LogP contribution in [0.3, 0.4) is 0 Å². The summed E-state index contributed by atoms with van der Waals surface area (Å²) in [7, 11) is -3.48. The molecule has 1 aliphatic heterocycles. The van der Waals surface area contributed by atoms with Gasteiger partial charge in [-0.25, -0.2) is 8.42 Å². The zero-order valence-electron chi connectivity index (χ0n) is 16.0. The molecule has 1 saturated heterocycles. The van der Waals surface area contributed by atoms with Crippen molar-refractivity contribution < 1.29 is 13.2 Å². The van der Waals surface area contributed by atoms with Gasteiger partial charge in [-0.3, -0.25) is 4.79 Å². The van der Waals surface area contributed by atoms with Crippen molar-refractivity contribution in [2.75, 3.05) is 13.1 Å². The standard InChI is InChI=1S/C22H26N2O3S/c1-18(20-10-6-3-7-11-20)23-22(25)21-12-15-24(16-13-21)28(26,27)17-14-19-8-4-2-5-9-19/h2-11,14,17-18,21H,12-13,15-16H2,1H3,(H,23,25)/b17-14+. The summed E-state index contributed by atoms with van der Waals surface area (Å²) in [6, 6.07) is 19.1. The number of carbonyl (C=O) groups is 1. The van der Waals surface area contributed by atoms with Crippen LogP contribution in [0, 0.1) is 5.92 Å². The Labute approximate surface area is 167 Å². The van der Waals surface area contributed by atoms with Crippen LogP contribution in [0.25, 0.3) is 6.08 Å². The molecule has 1 heterocycles. The maximum Gasteiger partial charge on any atom is 0.236 e. The Bertz CT molecular complexity index is 903. The lowest BCUT2D eigenvalue weighted by Crippen LogP contribution is -2.42. The molecule has 0 aromatic heterocycles. The van der Waals surface area contributed by atoms with Gasteiger partial charge >= 0.3 is 0 Å². The van der Waals surface area contributed by atoms with E-state index >= 15 is 0 Å². The lowest BCUT2D eigenvalue weighted by Gasteiger charge is -2.30. The van der Waals surface area contributed by atoms with Crippen molar-refractivity contribution in [3.05, 3.63) is 77.2 Å². The molecule has 5 nitrogen and oxygen atoms in total. The number of nitrogens with one attached hydrogen (secondary N) is 1. The number of hydrogen-bond acceptors (Lipinski definition) is 3. The van der Waals surface area contributed by atoms with Gasteiger partial charge in [0.2, 0.25) is 15.9 Å². The largest absolute Gasteiger partial charge is 0.349 e. The quantitative estimate of drug-likeness (QED) is 0.809. The monoisotopic (exact) mass is 398 g/mol. The molecule has 1 unspecified atom stereocenters. The van der Waals surface area contributed by atoms with Crippen molar-refractivity contribution in [1.82, 2.24) is 9.62 Å². The van der Waals surface area contributed by atoms with Crippen LogP contribution in [-0.4, -0.2) is 31.7 Å². The van der Waals surface area contributed by atoms with Crippen molar-refractivity contribution in [1.29, 1.82) is 0 Å². The van der Waals surface area contributed by atoms with Gasteiger partial charge in [0.05, 0.1) is 6.04 Å². The first-order valence-electron chi connectivity index (χ1n) is 9.54. The zero-order valence-corrected chi connectivity index (χ0v) is 16.8. The summed E-state index contributed by atoms with van der Waals surface area (Å²) in [6.07, 6.45) is 2.67. The van der Waals surface area contributed by atoms with Crippen LogP contribution in [-0.2, 0) is 14.8 Å². The van der Waals surface area contributed by atoms with Crippen molar-refractivity contribution in [3.63, 3.8) is 0 Å². The number of rotatable bonds is 6. The molecule has 0 spiro atoms. The van der Waals surface area contributed by atoms with E-state index in [2.05, 4.69) is 5.32 Å². The molecule has 0 radical (unpaired) electrons. The van der Waals surface area contributed by atoms with Gasteiger partial charge in [-0.05, 0) is 37.0 Å². The van der Waals surface area contributed by atoms with Crippen molar-refractivity contribution in [2.24, 2.45) is 5.92 Å². The Morgan fingerprint density at radius 1 is 1.04 bits per heavy atom. The first-order chi connectivity index (χ1) is 13.5. The fourth-order valence-corrected chi connectivity index (χ4v) is 4.56. The van der Waals surface area contributed by atoms with Gasteiger partial charge in [0, 0.05) is 24.4 Å². The molecule has 2 aromatic carbocycles. The van der Waals surface area contributed by atoms with E-state index in [0.717, 1.165) is 11.1 Å². The Hall–Kier alpha value is -2.44. The van der Waals surface area contributed by atoms with Gasteiger partial charge in [-0.15, -0.1) is 0 Å². The third kappa shape index (κ3) is 5.30. The number of amides is 1. The van der Waals surface area contributed by atoms with Crippen molar-refractivity contribution in [3.8, 4) is 0 Å². The highest BCUT2D eigenvalue weighted by Crippen LogP contribution is 2.22. The van der Waals surface area contributed by atoms with Crippen LogP contribution in [0.4, 0.5) is 0 Å². The fourth-order valence-electron chi connectivity index (χ4n) is 3.34. The van der Waals surface area contributed by atoms with E-state index in [1.54, 1.807) is 6.08 Å². The minimum absolute atomic E-state index is 0.00627. The second-order valence-corrected chi connectivity index (χ2v) is 8.89. The summed E-state index contributed by atoms with van der Waals surface area (Å²) in [5, 5.41) is 4.30. The number of sulfonamides is 1. The Morgan fingerprint density at radius 2 is 1.61 bits per heavy atom. The van der Waals surface area contributed by atoms with Crippen molar-refractivity contribution in [2.45, 2.75) is 25.8 Å². The smallest absolute Gasteiger partial charge is 0.236 e. The molecular formula is C22H26N2O3S. The van der Waals surface area contributed by atoms with Gasteiger partial charge in [0.25, 0.3) is 0 Å². The average Bonchev–Trinajstić information content (AvgIpc) is 2.74. The van der Waals surface area contributed by atoms with E-state index in [1.807, 2.05) is 67.6 Å². The summed E-state index contributed by atoms with van der Waals surface area (Å²) in [6.45, 7) is 2.68. The van der Waals surface area contributed by atoms with E-state index in [-0.39, 0.29) is 17.9 Å². The molecule has 1 fully saturated rings. The molecular weight excluding hydrogens is 372 g/mol. The Morgan fingerprint density at radius 3 is 2.21 bits per heavy atom. The highest BCUT2D eigenvalue weighted by atomic mass is 32.2. The molecule has 1 aliphatic rings. The van der Waals surface area contributed by atoms with Gasteiger partial charge in [-0.1, -0.05) is 60.7 Å². The van der Waals surface area contributed by atoms with Gasteiger partial charge in [0.15, 0.2) is 0 Å². The van der Waals surface area contributed by atoms with E-state index < -0.39 is 10.0 Å². The Balaban J connectivity index is 1.53. The number of carbonyl (C=O) groups excluding carboxylic acids is 1. The minimum Gasteiger partial charge on any atom is -0.349 e. The van der Waals surface area contributed by atoms with Crippen LogP contribution in [0.5, 0.6) is 0 Å². The number of nitrogens with zero attached hydrogens (tertiary/aromatic N) is 1. The molecule has 0 aliphatic carbocycles. The first-order valence-corrected chi connectivity index (χ1v) is 11.0. The topological polar surface area (TPSA) is 66.5 Å². The van der Waals surface area contributed by atoms with E-state index in [1.165, 1.54) is 9.71 Å². The SMILES string of the molecule is CC(NC(=O)C1CCN(S(=O)(=O)/C=C/c2ccccc2)CC1)c1ccccc1. The van der Waals surface area contributed by atoms with Crippen LogP contribution < -0.4 is 5.32 Å². The highest BCUT2D eigenvalue weighted by molar-refractivity contribution is 7.92. The molecule has 0 saturated carbocycles. The summed E-state index contributed by atoms with van der Waals surface area (Å²) >= 11 is 0. The predicted molar refractivity (Wildman–Crippen MR) is 112 cm³/mol. The molecule has 3 rings (SSSR count). The maximum atomic E-state index is 12.6. The molecule has 1 N–H and O–H groups in total. The van der Waals surface area contributed by atoms with Crippen LogP contribution >= 0.6 is 0 Å². The first kappa shape index (κ1) is 20.3. The molecule has 0 bridgehead atoms. The van der Waals surface area contributed by atoms with Crippen molar-refractivity contribution >= 4 is 22.0 Å². The minimum atomic E-state index is -3.48. The normalized spacial score (nSPS) is 17.5. The average molecular weight is 399 g/mol. The molecule has 1 amide bonds. The second kappa shape index (κ2) is 9.17. The highest BCUT2D eigenvalue weighted by Gasteiger charge is 2.30. The van der Waals surface area contributed by atoms with E-state index in [9.17, 15) is 13.2 Å². The summed E-state index contributed by atoms with van der Waals surface area (Å²) in [5.41, 5.74) is 1.90. The fraction of sp³-hybridized carbons (Fsp3) is 0.318. The molecule has 1 atom stereocenters. The number of benzene rings is 2.